The first-order chi connectivity index (χ1) is 5.68. The molecule has 0 amide bonds. The van der Waals surface area contributed by atoms with E-state index in [0.29, 0.717) is 5.69 Å². The zero-order valence-electron chi connectivity index (χ0n) is 6.97. The summed E-state index contributed by atoms with van der Waals surface area (Å²) in [4.78, 5) is 18.0. The SMILES string of the molecule is Cc1cccc(CO[N+](=O)[O-])n1.Cl. The number of halogens is 1. The van der Waals surface area contributed by atoms with Crippen molar-refractivity contribution < 1.29 is 9.92 Å². The Hall–Kier alpha value is -1.36. The molecule has 1 aromatic rings. The van der Waals surface area contributed by atoms with Crippen molar-refractivity contribution in [2.75, 3.05) is 0 Å². The molecule has 0 spiro atoms. The van der Waals surface area contributed by atoms with Crippen LogP contribution in [0.15, 0.2) is 18.2 Å². The van der Waals surface area contributed by atoms with E-state index in [1.54, 1.807) is 12.1 Å². The first kappa shape index (κ1) is 11.6. The quantitative estimate of drug-likeness (QED) is 0.553. The molecule has 0 aromatic carbocycles. The smallest absolute Gasteiger partial charge is 0.294 e. The average Bonchev–Trinajstić information content (AvgIpc) is 2.01. The second-order valence-corrected chi connectivity index (χ2v) is 2.27. The molecule has 1 heterocycles. The first-order valence-electron chi connectivity index (χ1n) is 3.38. The van der Waals surface area contributed by atoms with Gasteiger partial charge in [0.05, 0.1) is 5.69 Å². The summed E-state index contributed by atoms with van der Waals surface area (Å²) in [6.45, 7) is 1.73. The Bertz CT molecular complexity index is 293. The molecule has 6 heteroatoms. The highest BCUT2D eigenvalue weighted by atomic mass is 35.5. The van der Waals surface area contributed by atoms with Gasteiger partial charge in [0.15, 0.2) is 0 Å². The summed E-state index contributed by atoms with van der Waals surface area (Å²) in [5.41, 5.74) is 1.38. The molecular weight excluding hydrogens is 196 g/mol. The van der Waals surface area contributed by atoms with E-state index in [1.165, 1.54) is 0 Å². The summed E-state index contributed by atoms with van der Waals surface area (Å²) in [7, 11) is 0. The Balaban J connectivity index is 0.00000144. The fraction of sp³-hybridized carbons (Fsp3) is 0.286. The zero-order chi connectivity index (χ0) is 8.97. The molecule has 72 valence electrons. The highest BCUT2D eigenvalue weighted by Gasteiger charge is 1.98. The number of rotatable bonds is 3. The van der Waals surface area contributed by atoms with E-state index >= 15 is 0 Å². The third-order valence-electron chi connectivity index (χ3n) is 1.26. The predicted molar refractivity (Wildman–Crippen MR) is 48.0 cm³/mol. The number of pyridine rings is 1. The van der Waals surface area contributed by atoms with E-state index in [9.17, 15) is 10.1 Å². The van der Waals surface area contributed by atoms with Crippen molar-refractivity contribution in [1.29, 1.82) is 0 Å². The molecule has 0 aliphatic heterocycles. The Morgan fingerprint density at radius 1 is 1.62 bits per heavy atom. The van der Waals surface area contributed by atoms with E-state index in [0.717, 1.165) is 5.69 Å². The molecular formula is C7H9ClN2O3. The van der Waals surface area contributed by atoms with Gasteiger partial charge in [0.2, 0.25) is 0 Å². The minimum absolute atomic E-state index is 0. The summed E-state index contributed by atoms with van der Waals surface area (Å²) in [5.74, 6) is 0. The molecule has 0 aliphatic rings. The summed E-state index contributed by atoms with van der Waals surface area (Å²) in [6.07, 6.45) is 0. The standard InChI is InChI=1S/C7H8N2O3.ClH/c1-6-3-2-4-7(8-6)5-12-9(10)11;/h2-4H,5H2,1H3;1H. The third-order valence-corrected chi connectivity index (χ3v) is 1.26. The predicted octanol–water partition coefficient (Wildman–Crippen LogP) is 1.52. The lowest BCUT2D eigenvalue weighted by Crippen LogP contribution is -2.02. The van der Waals surface area contributed by atoms with Gasteiger partial charge in [-0.05, 0) is 19.1 Å². The van der Waals surface area contributed by atoms with Crippen molar-refractivity contribution in [3.05, 3.63) is 39.7 Å². The van der Waals surface area contributed by atoms with Crippen LogP contribution in [0.1, 0.15) is 11.4 Å². The van der Waals surface area contributed by atoms with Gasteiger partial charge in [-0.2, -0.15) is 0 Å². The maximum atomic E-state index is 9.81. The molecule has 0 bridgehead atoms. The van der Waals surface area contributed by atoms with Crippen molar-refractivity contribution in [2.45, 2.75) is 13.5 Å². The van der Waals surface area contributed by atoms with Crippen LogP contribution in [0.5, 0.6) is 0 Å². The molecule has 0 saturated heterocycles. The minimum Gasteiger partial charge on any atom is -0.307 e. The van der Waals surface area contributed by atoms with Gasteiger partial charge in [-0.15, -0.1) is 22.5 Å². The maximum absolute atomic E-state index is 9.81. The van der Waals surface area contributed by atoms with Crippen molar-refractivity contribution >= 4 is 12.4 Å². The molecule has 5 nitrogen and oxygen atoms in total. The van der Waals surface area contributed by atoms with Crippen LogP contribution in [0.25, 0.3) is 0 Å². The first-order valence-corrected chi connectivity index (χ1v) is 3.38. The van der Waals surface area contributed by atoms with E-state index in [2.05, 4.69) is 9.82 Å². The Morgan fingerprint density at radius 2 is 2.31 bits per heavy atom. The molecule has 0 atom stereocenters. The van der Waals surface area contributed by atoms with Gasteiger partial charge in [-0.3, -0.25) is 4.98 Å². The van der Waals surface area contributed by atoms with Crippen molar-refractivity contribution in [2.24, 2.45) is 0 Å². The van der Waals surface area contributed by atoms with Crippen LogP contribution in [0, 0.1) is 17.0 Å². The van der Waals surface area contributed by atoms with Crippen LogP contribution in [0.3, 0.4) is 0 Å². The van der Waals surface area contributed by atoms with Crippen LogP contribution in [-0.4, -0.2) is 10.1 Å². The average molecular weight is 205 g/mol. The van der Waals surface area contributed by atoms with E-state index in [1.807, 2.05) is 13.0 Å². The zero-order valence-corrected chi connectivity index (χ0v) is 7.78. The fourth-order valence-electron chi connectivity index (χ4n) is 0.799. The van der Waals surface area contributed by atoms with Crippen LogP contribution >= 0.6 is 12.4 Å². The highest BCUT2D eigenvalue weighted by Crippen LogP contribution is 1.99. The van der Waals surface area contributed by atoms with Gasteiger partial charge in [-0.25, -0.2) is 0 Å². The summed E-state index contributed by atoms with van der Waals surface area (Å²) in [6, 6.07) is 5.27. The molecule has 0 radical (unpaired) electrons. The number of hydrogen-bond donors (Lipinski definition) is 0. The molecule has 0 aliphatic carbocycles. The van der Waals surface area contributed by atoms with E-state index < -0.39 is 5.09 Å². The molecule has 0 saturated carbocycles. The second-order valence-electron chi connectivity index (χ2n) is 2.27. The third kappa shape index (κ3) is 4.27. The molecule has 0 unspecified atom stereocenters. The summed E-state index contributed by atoms with van der Waals surface area (Å²) < 4.78 is 0. The fourth-order valence-corrected chi connectivity index (χ4v) is 0.799. The van der Waals surface area contributed by atoms with Crippen LogP contribution in [0.2, 0.25) is 0 Å². The van der Waals surface area contributed by atoms with Crippen molar-refractivity contribution in [1.82, 2.24) is 4.98 Å². The Labute approximate surface area is 81.3 Å². The van der Waals surface area contributed by atoms with Crippen LogP contribution in [-0.2, 0) is 11.4 Å². The van der Waals surface area contributed by atoms with Gasteiger partial charge in [0.1, 0.15) is 6.61 Å². The van der Waals surface area contributed by atoms with Gasteiger partial charge >= 0.3 is 0 Å². The Morgan fingerprint density at radius 3 is 2.85 bits per heavy atom. The number of aromatic nitrogens is 1. The number of aryl methyl sites for hydroxylation is 1. The second kappa shape index (κ2) is 5.31. The van der Waals surface area contributed by atoms with Crippen molar-refractivity contribution in [3.8, 4) is 0 Å². The molecule has 1 aromatic heterocycles. The summed E-state index contributed by atoms with van der Waals surface area (Å²) >= 11 is 0. The largest absolute Gasteiger partial charge is 0.307 e. The molecule has 13 heavy (non-hydrogen) atoms. The van der Waals surface area contributed by atoms with E-state index in [4.69, 9.17) is 0 Å². The van der Waals surface area contributed by atoms with Crippen molar-refractivity contribution in [3.63, 3.8) is 0 Å². The lowest BCUT2D eigenvalue weighted by molar-refractivity contribution is -0.763. The number of hydrogen-bond acceptors (Lipinski definition) is 4. The lowest BCUT2D eigenvalue weighted by Gasteiger charge is -1.98. The lowest BCUT2D eigenvalue weighted by atomic mass is 10.3. The highest BCUT2D eigenvalue weighted by molar-refractivity contribution is 5.85. The van der Waals surface area contributed by atoms with Gasteiger partial charge in [0.25, 0.3) is 5.09 Å². The number of nitrogens with zero attached hydrogens (tertiary/aromatic N) is 2. The minimum atomic E-state index is -0.829. The monoisotopic (exact) mass is 204 g/mol. The Kier molecular flexibility index (Phi) is 4.76. The van der Waals surface area contributed by atoms with Gasteiger partial charge < -0.3 is 4.84 Å². The van der Waals surface area contributed by atoms with Crippen LogP contribution in [0.4, 0.5) is 0 Å². The molecule has 1 rings (SSSR count). The molecule has 0 N–H and O–H groups in total. The normalized spacial score (nSPS) is 8.69. The molecule has 0 fully saturated rings. The van der Waals surface area contributed by atoms with Gasteiger partial charge in [0, 0.05) is 5.69 Å². The maximum Gasteiger partial charge on any atom is 0.294 e. The summed E-state index contributed by atoms with van der Waals surface area (Å²) in [5, 5.41) is 8.98. The van der Waals surface area contributed by atoms with E-state index in [-0.39, 0.29) is 19.0 Å². The van der Waals surface area contributed by atoms with Gasteiger partial charge in [-0.1, -0.05) is 6.07 Å². The topological polar surface area (TPSA) is 65.3 Å². The van der Waals surface area contributed by atoms with Crippen LogP contribution < -0.4 is 0 Å².